The predicted molar refractivity (Wildman–Crippen MR) is 164 cm³/mol. The minimum atomic E-state index is 0.773. The van der Waals surface area contributed by atoms with Gasteiger partial charge < -0.3 is 0 Å². The van der Waals surface area contributed by atoms with E-state index in [4.69, 9.17) is 0 Å². The number of aromatic nitrogens is 2. The number of aryl methyl sites for hydroxylation is 1. The van der Waals surface area contributed by atoms with Gasteiger partial charge in [0.25, 0.3) is 11.4 Å². The molecule has 2 nitrogen and oxygen atoms in total. The lowest BCUT2D eigenvalue weighted by molar-refractivity contribution is -1.29. The Labute approximate surface area is 236 Å². The number of hydrogen-bond acceptors (Lipinski definition) is 0. The molecule has 2 aromatic heterocycles. The van der Waals surface area contributed by atoms with Gasteiger partial charge in [-0.15, -0.1) is 6.58 Å². The fraction of sp³-hybridized carbons (Fsp3) is 0.0526. The highest BCUT2D eigenvalue weighted by atomic mass is 15.4. The molecule has 2 heteroatoms. The minimum absolute atomic E-state index is 0.773. The van der Waals surface area contributed by atoms with Gasteiger partial charge in [-0.1, -0.05) is 91.0 Å². The summed E-state index contributed by atoms with van der Waals surface area (Å²) in [6.07, 6.45) is 7.09. The molecule has 0 atom stereocenters. The molecule has 0 amide bonds. The zero-order chi connectivity index (χ0) is 27.3. The van der Waals surface area contributed by atoms with Gasteiger partial charge in [-0.3, -0.25) is 0 Å². The van der Waals surface area contributed by atoms with Crippen LogP contribution in [0.4, 0.5) is 0 Å². The number of hydrogen-bond donors (Lipinski definition) is 0. The molecule has 0 saturated carbocycles. The summed E-state index contributed by atoms with van der Waals surface area (Å²) in [5, 5.41) is 0. The van der Waals surface area contributed by atoms with Crippen molar-refractivity contribution in [1.82, 2.24) is 0 Å². The van der Waals surface area contributed by atoms with E-state index in [2.05, 4.69) is 169 Å². The first-order valence-corrected chi connectivity index (χ1v) is 13.7. The lowest BCUT2D eigenvalue weighted by Crippen LogP contribution is -2.68. The van der Waals surface area contributed by atoms with E-state index in [1.807, 2.05) is 6.08 Å². The van der Waals surface area contributed by atoms with Crippen LogP contribution in [0.5, 0.6) is 0 Å². The van der Waals surface area contributed by atoms with Gasteiger partial charge in [0, 0.05) is 24.3 Å². The molecule has 0 unspecified atom stereocenters. The Kier molecular flexibility index (Phi) is 7.15. The van der Waals surface area contributed by atoms with E-state index in [-0.39, 0.29) is 0 Å². The molecule has 6 aromatic rings. The molecule has 0 aliphatic heterocycles. The third-order valence-electron chi connectivity index (χ3n) is 7.39. The number of pyridine rings is 2. The van der Waals surface area contributed by atoms with E-state index >= 15 is 0 Å². The summed E-state index contributed by atoms with van der Waals surface area (Å²) in [7, 11) is 0. The van der Waals surface area contributed by atoms with Gasteiger partial charge in [-0.05, 0) is 71.0 Å². The Morgan fingerprint density at radius 1 is 0.525 bits per heavy atom. The maximum atomic E-state index is 4.09. The Bertz CT molecular complexity index is 1790. The summed E-state index contributed by atoms with van der Waals surface area (Å²) >= 11 is 0. The maximum absolute atomic E-state index is 4.09. The van der Waals surface area contributed by atoms with Crippen molar-refractivity contribution in [2.45, 2.75) is 13.3 Å². The second-order valence-corrected chi connectivity index (χ2v) is 9.99. The lowest BCUT2D eigenvalue weighted by atomic mass is 9.94. The van der Waals surface area contributed by atoms with Crippen molar-refractivity contribution in [1.29, 1.82) is 0 Å². The van der Waals surface area contributed by atoms with E-state index in [0.717, 1.165) is 17.8 Å². The number of allylic oxidation sites excluding steroid dienone is 1. The normalized spacial score (nSPS) is 10.8. The molecule has 0 saturated heterocycles. The summed E-state index contributed by atoms with van der Waals surface area (Å²) in [6, 6.07) is 47.4. The van der Waals surface area contributed by atoms with Crippen LogP contribution >= 0.6 is 0 Å². The molecular formula is C38H32N2+2. The molecule has 0 N–H and O–H groups in total. The van der Waals surface area contributed by atoms with Gasteiger partial charge in [0.15, 0.2) is 0 Å². The first-order valence-electron chi connectivity index (χ1n) is 13.7. The predicted octanol–water partition coefficient (Wildman–Crippen LogP) is 8.28. The van der Waals surface area contributed by atoms with Crippen LogP contribution in [0, 0.1) is 6.92 Å². The van der Waals surface area contributed by atoms with Crippen molar-refractivity contribution in [2.24, 2.45) is 0 Å². The average molecular weight is 517 g/mol. The molecule has 0 bridgehead atoms. The van der Waals surface area contributed by atoms with Crippen molar-refractivity contribution in [3.63, 3.8) is 0 Å². The first kappa shape index (κ1) is 25.2. The highest BCUT2D eigenvalue weighted by Gasteiger charge is 2.29. The third-order valence-corrected chi connectivity index (χ3v) is 7.39. The van der Waals surface area contributed by atoms with Crippen molar-refractivity contribution < 1.29 is 9.35 Å². The van der Waals surface area contributed by atoms with E-state index < -0.39 is 0 Å². The van der Waals surface area contributed by atoms with Crippen molar-refractivity contribution in [2.75, 3.05) is 0 Å². The molecule has 40 heavy (non-hydrogen) atoms. The molecule has 192 valence electrons. The monoisotopic (exact) mass is 516 g/mol. The van der Waals surface area contributed by atoms with Gasteiger partial charge in [-0.2, -0.15) is 0 Å². The summed E-state index contributed by atoms with van der Waals surface area (Å²) in [4.78, 5) is 0. The van der Waals surface area contributed by atoms with Crippen LogP contribution in [0.25, 0.3) is 44.8 Å². The summed E-state index contributed by atoms with van der Waals surface area (Å²) in [6.45, 7) is 6.26. The zero-order valence-corrected chi connectivity index (χ0v) is 22.7. The van der Waals surface area contributed by atoms with Gasteiger partial charge in [0.05, 0.1) is 20.5 Å². The highest BCUT2D eigenvalue weighted by molar-refractivity contribution is 5.74. The Balaban J connectivity index is 1.60. The van der Waals surface area contributed by atoms with E-state index in [9.17, 15) is 0 Å². The fourth-order valence-corrected chi connectivity index (χ4v) is 5.37. The Morgan fingerprint density at radius 2 is 1.15 bits per heavy atom. The third kappa shape index (κ3) is 5.00. The molecule has 0 aliphatic rings. The van der Waals surface area contributed by atoms with Gasteiger partial charge in [-0.25, -0.2) is 0 Å². The number of nitrogens with zero attached hydrogens (tertiary/aromatic N) is 2. The topological polar surface area (TPSA) is 7.76 Å². The smallest absolute Gasteiger partial charge is 0.103 e. The molecule has 4 aromatic carbocycles. The minimum Gasteiger partial charge on any atom is -0.103 e. The zero-order valence-electron chi connectivity index (χ0n) is 22.7. The van der Waals surface area contributed by atoms with Crippen LogP contribution in [-0.4, -0.2) is 0 Å². The van der Waals surface area contributed by atoms with Crippen LogP contribution in [0.1, 0.15) is 11.1 Å². The van der Waals surface area contributed by atoms with E-state index in [1.165, 1.54) is 44.5 Å². The van der Waals surface area contributed by atoms with Crippen molar-refractivity contribution in [3.05, 3.63) is 170 Å². The molecule has 0 radical (unpaired) electrons. The second-order valence-electron chi connectivity index (χ2n) is 9.99. The number of benzene rings is 4. The SMILES string of the molecule is C=CCc1cc(-c2ccccc2)ccc1-c1cc(-c2ccccc2)cc[n+]1-[n+]1ccccc1-c1ccccc1C. The summed E-state index contributed by atoms with van der Waals surface area (Å²) < 4.78 is 4.51. The van der Waals surface area contributed by atoms with Gasteiger partial charge in [0.2, 0.25) is 12.4 Å². The standard InChI is InChI=1S/C38H32N2/c1-3-14-34-27-32(30-16-6-4-7-17-30)22-23-36(34)38-28-33(31-18-8-5-9-19-31)24-26-40(38)39-25-13-12-21-37(39)35-20-11-10-15-29(35)2/h3-13,15-28H,1,14H2,2H3/q+2. The molecule has 0 aliphatic carbocycles. The number of rotatable bonds is 7. The molecule has 0 spiro atoms. The largest absolute Gasteiger partial charge is 0.285 e. The Morgan fingerprint density at radius 3 is 1.85 bits per heavy atom. The van der Waals surface area contributed by atoms with E-state index in [0.29, 0.717) is 0 Å². The maximum Gasteiger partial charge on any atom is 0.285 e. The van der Waals surface area contributed by atoms with Gasteiger partial charge >= 0.3 is 0 Å². The molecule has 2 heterocycles. The Hall–Kier alpha value is -5.08. The summed E-state index contributed by atoms with van der Waals surface area (Å²) in [5.74, 6) is 0. The van der Waals surface area contributed by atoms with Crippen molar-refractivity contribution in [3.8, 4) is 44.8 Å². The molecule has 6 rings (SSSR count). The van der Waals surface area contributed by atoms with Crippen molar-refractivity contribution >= 4 is 0 Å². The van der Waals surface area contributed by atoms with Crippen LogP contribution < -0.4 is 9.35 Å². The molecule has 0 fully saturated rings. The van der Waals surface area contributed by atoms with Crippen LogP contribution in [0.2, 0.25) is 0 Å². The first-order chi connectivity index (χ1) is 19.7. The van der Waals surface area contributed by atoms with Crippen LogP contribution in [0.3, 0.4) is 0 Å². The fourth-order valence-electron chi connectivity index (χ4n) is 5.37. The van der Waals surface area contributed by atoms with Crippen LogP contribution in [-0.2, 0) is 6.42 Å². The van der Waals surface area contributed by atoms with Gasteiger partial charge in [0.1, 0.15) is 0 Å². The highest BCUT2D eigenvalue weighted by Crippen LogP contribution is 2.30. The summed E-state index contributed by atoms with van der Waals surface area (Å²) in [5.41, 5.74) is 11.9. The second kappa shape index (κ2) is 11.3. The van der Waals surface area contributed by atoms with E-state index in [1.54, 1.807) is 0 Å². The quantitative estimate of drug-likeness (QED) is 0.149. The van der Waals surface area contributed by atoms with Crippen LogP contribution in [0.15, 0.2) is 159 Å². The lowest BCUT2D eigenvalue weighted by Gasteiger charge is -2.11. The molecular weight excluding hydrogens is 484 g/mol. The average Bonchev–Trinajstić information content (AvgIpc) is 3.02.